The van der Waals surface area contributed by atoms with E-state index in [1.54, 1.807) is 23.5 Å². The lowest BCUT2D eigenvalue weighted by Gasteiger charge is -2.12. The lowest BCUT2D eigenvalue weighted by Crippen LogP contribution is -2.26. The van der Waals surface area contributed by atoms with Crippen LogP contribution in [0.4, 0.5) is 0 Å². The number of benzene rings is 1. The van der Waals surface area contributed by atoms with Crippen LogP contribution in [-0.4, -0.2) is 17.6 Å². The summed E-state index contributed by atoms with van der Waals surface area (Å²) in [7, 11) is 0. The summed E-state index contributed by atoms with van der Waals surface area (Å²) in [6.07, 6.45) is 0.459. The highest BCUT2D eigenvalue weighted by Crippen LogP contribution is 2.16. The van der Waals surface area contributed by atoms with Crippen LogP contribution in [-0.2, 0) is 0 Å². The van der Waals surface area contributed by atoms with E-state index in [9.17, 15) is 4.79 Å². The van der Waals surface area contributed by atoms with E-state index < -0.39 is 0 Å². The van der Waals surface area contributed by atoms with Crippen molar-refractivity contribution in [1.82, 2.24) is 5.32 Å². The molecule has 1 atom stereocenters. The minimum absolute atomic E-state index is 0.00669. The second-order valence-corrected chi connectivity index (χ2v) is 5.38. The number of hydrogen-bond donors (Lipinski definition) is 2. The summed E-state index contributed by atoms with van der Waals surface area (Å²) in [5.74, 6) is 5.69. The second kappa shape index (κ2) is 7.63. The first-order chi connectivity index (χ1) is 10.2. The summed E-state index contributed by atoms with van der Waals surface area (Å²) in [4.78, 5) is 12.1. The molecule has 0 fully saturated rings. The molecule has 1 heterocycles. The Morgan fingerprint density at radius 2 is 2.10 bits per heavy atom. The van der Waals surface area contributed by atoms with Crippen LogP contribution in [0.2, 0.25) is 0 Å². The number of nitrogens with one attached hydrogen (secondary N) is 1. The van der Waals surface area contributed by atoms with Gasteiger partial charge in [0.05, 0.1) is 12.6 Å². The van der Waals surface area contributed by atoms with Gasteiger partial charge in [-0.05, 0) is 53.6 Å². The van der Waals surface area contributed by atoms with Gasteiger partial charge in [0.15, 0.2) is 0 Å². The Morgan fingerprint density at radius 1 is 1.33 bits per heavy atom. The van der Waals surface area contributed by atoms with E-state index in [0.717, 1.165) is 11.1 Å². The van der Waals surface area contributed by atoms with Crippen molar-refractivity contribution in [3.63, 3.8) is 0 Å². The van der Waals surface area contributed by atoms with Crippen molar-refractivity contribution in [3.05, 3.63) is 57.8 Å². The number of aliphatic hydroxyl groups excluding tert-OH is 1. The molecule has 0 saturated carbocycles. The lowest BCUT2D eigenvalue weighted by molar-refractivity contribution is 0.0940. The third-order valence-electron chi connectivity index (χ3n) is 3.01. The van der Waals surface area contributed by atoms with E-state index in [2.05, 4.69) is 17.2 Å². The van der Waals surface area contributed by atoms with E-state index >= 15 is 0 Å². The van der Waals surface area contributed by atoms with Gasteiger partial charge in [-0.25, -0.2) is 0 Å². The number of hydrogen-bond acceptors (Lipinski definition) is 3. The maximum Gasteiger partial charge on any atom is 0.251 e. The van der Waals surface area contributed by atoms with Gasteiger partial charge in [0, 0.05) is 17.5 Å². The first kappa shape index (κ1) is 15.3. The predicted molar refractivity (Wildman–Crippen MR) is 85.2 cm³/mol. The van der Waals surface area contributed by atoms with Crippen molar-refractivity contribution in [2.45, 2.75) is 19.4 Å². The summed E-state index contributed by atoms with van der Waals surface area (Å²) >= 11 is 1.62. The summed E-state index contributed by atoms with van der Waals surface area (Å²) in [5, 5.41) is 15.7. The number of rotatable bonds is 4. The molecule has 4 heteroatoms. The quantitative estimate of drug-likeness (QED) is 0.853. The summed E-state index contributed by atoms with van der Waals surface area (Å²) < 4.78 is 0. The summed E-state index contributed by atoms with van der Waals surface area (Å²) in [6, 6.07) is 9.16. The molecule has 0 aliphatic rings. The molecule has 108 valence electrons. The van der Waals surface area contributed by atoms with Gasteiger partial charge in [0.2, 0.25) is 0 Å². The van der Waals surface area contributed by atoms with Crippen LogP contribution in [0.3, 0.4) is 0 Å². The van der Waals surface area contributed by atoms with Crippen LogP contribution in [0.1, 0.15) is 40.9 Å². The molecule has 0 bridgehead atoms. The third kappa shape index (κ3) is 4.45. The lowest BCUT2D eigenvalue weighted by atomic mass is 10.1. The first-order valence-corrected chi connectivity index (χ1v) is 7.67. The zero-order valence-corrected chi connectivity index (χ0v) is 12.6. The fourth-order valence-corrected chi connectivity index (χ4v) is 2.56. The van der Waals surface area contributed by atoms with Gasteiger partial charge < -0.3 is 10.4 Å². The fraction of sp³-hybridized carbons (Fsp3) is 0.235. The van der Waals surface area contributed by atoms with E-state index in [0.29, 0.717) is 12.0 Å². The molecule has 21 heavy (non-hydrogen) atoms. The van der Waals surface area contributed by atoms with Gasteiger partial charge in [-0.1, -0.05) is 11.8 Å². The first-order valence-electron chi connectivity index (χ1n) is 6.73. The normalized spacial score (nSPS) is 11.3. The Balaban J connectivity index is 1.98. The Kier molecular flexibility index (Phi) is 5.56. The highest BCUT2D eigenvalue weighted by molar-refractivity contribution is 7.07. The number of thiophene rings is 1. The second-order valence-electron chi connectivity index (χ2n) is 4.60. The molecule has 0 saturated heterocycles. The molecular weight excluding hydrogens is 282 g/mol. The molecular formula is C17H17NO2S. The van der Waals surface area contributed by atoms with Crippen molar-refractivity contribution in [2.24, 2.45) is 0 Å². The fourth-order valence-electron chi connectivity index (χ4n) is 1.81. The largest absolute Gasteiger partial charge is 0.395 e. The smallest absolute Gasteiger partial charge is 0.251 e. The zero-order chi connectivity index (χ0) is 15.1. The minimum Gasteiger partial charge on any atom is -0.395 e. The van der Waals surface area contributed by atoms with Crippen LogP contribution in [0.5, 0.6) is 0 Å². The molecule has 1 aromatic heterocycles. The Bertz CT molecular complexity index is 636. The van der Waals surface area contributed by atoms with Gasteiger partial charge in [0.1, 0.15) is 0 Å². The van der Waals surface area contributed by atoms with Crippen molar-refractivity contribution in [3.8, 4) is 11.8 Å². The zero-order valence-electron chi connectivity index (χ0n) is 11.8. The average Bonchev–Trinajstić information content (AvgIpc) is 3.02. The molecule has 1 amide bonds. The Labute approximate surface area is 128 Å². The topological polar surface area (TPSA) is 49.3 Å². The number of amides is 1. The molecule has 0 spiro atoms. The molecule has 0 radical (unpaired) electrons. The van der Waals surface area contributed by atoms with Crippen molar-refractivity contribution < 1.29 is 9.90 Å². The number of aliphatic hydroxyl groups is 1. The predicted octanol–water partition coefficient (Wildman–Crippen LogP) is 2.97. The molecule has 1 aromatic carbocycles. The summed E-state index contributed by atoms with van der Waals surface area (Å²) in [5.41, 5.74) is 2.57. The maximum atomic E-state index is 12.1. The van der Waals surface area contributed by atoms with E-state index in [1.807, 2.05) is 35.9 Å². The van der Waals surface area contributed by atoms with Crippen LogP contribution < -0.4 is 5.32 Å². The van der Waals surface area contributed by atoms with Gasteiger partial charge in [0.25, 0.3) is 5.91 Å². The molecule has 3 nitrogen and oxygen atoms in total. The van der Waals surface area contributed by atoms with Gasteiger partial charge >= 0.3 is 0 Å². The molecule has 1 unspecified atom stereocenters. The Hall–Kier alpha value is -2.09. The molecule has 2 rings (SSSR count). The van der Waals surface area contributed by atoms with Crippen LogP contribution in [0.15, 0.2) is 41.1 Å². The van der Waals surface area contributed by atoms with Crippen molar-refractivity contribution in [1.29, 1.82) is 0 Å². The van der Waals surface area contributed by atoms with E-state index in [4.69, 9.17) is 5.11 Å². The highest BCUT2D eigenvalue weighted by atomic mass is 32.1. The minimum atomic E-state index is -0.0939. The van der Waals surface area contributed by atoms with Gasteiger partial charge in [-0.3, -0.25) is 4.79 Å². The summed E-state index contributed by atoms with van der Waals surface area (Å²) in [6.45, 7) is 2.03. The third-order valence-corrected chi connectivity index (χ3v) is 3.71. The van der Waals surface area contributed by atoms with E-state index in [-0.39, 0.29) is 18.6 Å². The molecule has 0 aliphatic heterocycles. The molecule has 2 aromatic rings. The van der Waals surface area contributed by atoms with Gasteiger partial charge in [-0.15, -0.1) is 0 Å². The van der Waals surface area contributed by atoms with Crippen LogP contribution >= 0.6 is 11.3 Å². The van der Waals surface area contributed by atoms with Crippen molar-refractivity contribution >= 4 is 17.2 Å². The standard InChI is InChI=1S/C17H17NO2S/c1-13(16-9-11-21-12-16)18-17(20)15-7-5-14(6-8-15)4-2-3-10-19/h5-9,11-13,19H,3,10H2,1H3,(H,18,20). The van der Waals surface area contributed by atoms with Crippen LogP contribution in [0, 0.1) is 11.8 Å². The monoisotopic (exact) mass is 299 g/mol. The number of carbonyl (C=O) groups excluding carboxylic acids is 1. The molecule has 2 N–H and O–H groups in total. The SMILES string of the molecule is CC(NC(=O)c1ccc(C#CCCO)cc1)c1ccsc1. The van der Waals surface area contributed by atoms with Gasteiger partial charge in [-0.2, -0.15) is 11.3 Å². The van der Waals surface area contributed by atoms with Crippen molar-refractivity contribution in [2.75, 3.05) is 6.61 Å². The van der Waals surface area contributed by atoms with Crippen LogP contribution in [0.25, 0.3) is 0 Å². The Morgan fingerprint density at radius 3 is 2.71 bits per heavy atom. The van der Waals surface area contributed by atoms with E-state index in [1.165, 1.54) is 0 Å². The maximum absolute atomic E-state index is 12.1. The highest BCUT2D eigenvalue weighted by Gasteiger charge is 2.11. The number of carbonyl (C=O) groups is 1. The average molecular weight is 299 g/mol. The molecule has 0 aliphatic carbocycles.